The standard InChI is InChI=1S/C21H21N3O3S/c1-12-4-5-13(2)17(10-12)27-11-18-23-14(3)19(28-18)21(26)24-16-8-6-15(7-9-16)20(22)25/h4-10H,11H2,1-3H3,(H2,22,25)(H,24,26). The topological polar surface area (TPSA) is 94.3 Å². The van der Waals surface area contributed by atoms with E-state index >= 15 is 0 Å². The van der Waals surface area contributed by atoms with Crippen molar-refractivity contribution in [3.8, 4) is 5.75 Å². The molecule has 0 unspecified atom stereocenters. The normalized spacial score (nSPS) is 10.5. The van der Waals surface area contributed by atoms with Crippen LogP contribution in [-0.4, -0.2) is 16.8 Å². The second-order valence-corrected chi connectivity index (χ2v) is 7.56. The van der Waals surface area contributed by atoms with E-state index in [1.807, 2.05) is 32.0 Å². The average Bonchev–Trinajstić information content (AvgIpc) is 3.03. The Morgan fingerprint density at radius 2 is 1.82 bits per heavy atom. The van der Waals surface area contributed by atoms with Gasteiger partial charge in [0.1, 0.15) is 22.2 Å². The molecule has 2 amide bonds. The fourth-order valence-electron chi connectivity index (χ4n) is 2.63. The van der Waals surface area contributed by atoms with Crippen LogP contribution < -0.4 is 15.8 Å². The summed E-state index contributed by atoms with van der Waals surface area (Å²) in [6.07, 6.45) is 0. The number of carbonyl (C=O) groups is 2. The van der Waals surface area contributed by atoms with E-state index < -0.39 is 5.91 Å². The lowest BCUT2D eigenvalue weighted by Gasteiger charge is -2.08. The van der Waals surface area contributed by atoms with Crippen LogP contribution in [0.25, 0.3) is 0 Å². The van der Waals surface area contributed by atoms with Gasteiger partial charge in [-0.2, -0.15) is 0 Å². The number of amides is 2. The molecule has 1 aromatic heterocycles. The minimum Gasteiger partial charge on any atom is -0.486 e. The molecule has 0 bridgehead atoms. The van der Waals surface area contributed by atoms with Crippen LogP contribution >= 0.6 is 11.3 Å². The molecule has 7 heteroatoms. The molecule has 2 aromatic carbocycles. The fourth-order valence-corrected chi connectivity index (χ4v) is 3.51. The Morgan fingerprint density at radius 3 is 2.50 bits per heavy atom. The van der Waals surface area contributed by atoms with Crippen LogP contribution in [-0.2, 0) is 6.61 Å². The summed E-state index contributed by atoms with van der Waals surface area (Å²) in [6.45, 7) is 6.10. The van der Waals surface area contributed by atoms with Crippen LogP contribution in [0.15, 0.2) is 42.5 Å². The highest BCUT2D eigenvalue weighted by molar-refractivity contribution is 7.13. The molecule has 3 rings (SSSR count). The SMILES string of the molecule is Cc1ccc(C)c(OCc2nc(C)c(C(=O)Nc3ccc(C(N)=O)cc3)s2)c1. The summed E-state index contributed by atoms with van der Waals surface area (Å²) >= 11 is 1.30. The highest BCUT2D eigenvalue weighted by Crippen LogP contribution is 2.24. The Kier molecular flexibility index (Phi) is 5.75. The highest BCUT2D eigenvalue weighted by Gasteiger charge is 2.16. The van der Waals surface area contributed by atoms with Crippen LogP contribution in [0.5, 0.6) is 5.75 Å². The summed E-state index contributed by atoms with van der Waals surface area (Å²) in [5.41, 5.74) is 9.01. The number of aryl methyl sites for hydroxylation is 3. The molecular weight excluding hydrogens is 374 g/mol. The zero-order valence-corrected chi connectivity index (χ0v) is 16.7. The van der Waals surface area contributed by atoms with Crippen LogP contribution in [0.1, 0.15) is 41.9 Å². The first kappa shape index (κ1) is 19.6. The van der Waals surface area contributed by atoms with Crippen molar-refractivity contribution in [3.63, 3.8) is 0 Å². The predicted octanol–water partition coefficient (Wildman–Crippen LogP) is 4.00. The van der Waals surface area contributed by atoms with E-state index in [-0.39, 0.29) is 5.91 Å². The van der Waals surface area contributed by atoms with Crippen LogP contribution in [0.2, 0.25) is 0 Å². The number of rotatable bonds is 6. The number of nitrogens with zero attached hydrogens (tertiary/aromatic N) is 1. The fraction of sp³-hybridized carbons (Fsp3) is 0.190. The molecule has 0 saturated carbocycles. The summed E-state index contributed by atoms with van der Waals surface area (Å²) in [5.74, 6) is 0.0536. The van der Waals surface area contributed by atoms with E-state index in [0.29, 0.717) is 28.4 Å². The third kappa shape index (κ3) is 4.55. The van der Waals surface area contributed by atoms with Crippen molar-refractivity contribution >= 4 is 28.8 Å². The van der Waals surface area contributed by atoms with Crippen molar-refractivity contribution in [2.24, 2.45) is 5.73 Å². The average molecular weight is 395 g/mol. The van der Waals surface area contributed by atoms with E-state index in [0.717, 1.165) is 21.9 Å². The number of ether oxygens (including phenoxy) is 1. The van der Waals surface area contributed by atoms with Crippen molar-refractivity contribution in [2.75, 3.05) is 5.32 Å². The lowest BCUT2D eigenvalue weighted by atomic mass is 10.1. The minimum atomic E-state index is -0.510. The van der Waals surface area contributed by atoms with Crippen molar-refractivity contribution in [3.05, 3.63) is 74.7 Å². The molecule has 0 fully saturated rings. The second-order valence-electron chi connectivity index (χ2n) is 6.48. The Hall–Kier alpha value is -3.19. The zero-order chi connectivity index (χ0) is 20.3. The van der Waals surface area contributed by atoms with Gasteiger partial charge >= 0.3 is 0 Å². The molecule has 0 atom stereocenters. The monoisotopic (exact) mass is 395 g/mol. The van der Waals surface area contributed by atoms with Crippen LogP contribution in [0.3, 0.4) is 0 Å². The van der Waals surface area contributed by atoms with E-state index in [9.17, 15) is 9.59 Å². The minimum absolute atomic E-state index is 0.250. The van der Waals surface area contributed by atoms with Crippen LogP contribution in [0, 0.1) is 20.8 Å². The maximum atomic E-state index is 12.6. The molecule has 3 N–H and O–H groups in total. The van der Waals surface area contributed by atoms with Gasteiger partial charge in [-0.05, 0) is 62.2 Å². The number of hydrogen-bond acceptors (Lipinski definition) is 5. The van der Waals surface area contributed by atoms with Gasteiger partial charge < -0.3 is 15.8 Å². The molecule has 0 aliphatic heterocycles. The first-order valence-electron chi connectivity index (χ1n) is 8.71. The van der Waals surface area contributed by atoms with Crippen molar-refractivity contribution in [1.29, 1.82) is 0 Å². The summed E-state index contributed by atoms with van der Waals surface area (Å²) in [5, 5.41) is 3.54. The first-order valence-corrected chi connectivity index (χ1v) is 9.52. The van der Waals surface area contributed by atoms with Crippen LogP contribution in [0.4, 0.5) is 5.69 Å². The third-order valence-electron chi connectivity index (χ3n) is 4.17. The molecular formula is C21H21N3O3S. The Morgan fingerprint density at radius 1 is 1.11 bits per heavy atom. The number of hydrogen-bond donors (Lipinski definition) is 2. The number of nitrogens with two attached hydrogens (primary N) is 1. The lowest BCUT2D eigenvalue weighted by Crippen LogP contribution is -2.13. The van der Waals surface area contributed by atoms with E-state index in [1.54, 1.807) is 31.2 Å². The highest BCUT2D eigenvalue weighted by atomic mass is 32.1. The number of primary amides is 1. The van der Waals surface area contributed by atoms with Gasteiger partial charge in [0.25, 0.3) is 5.91 Å². The summed E-state index contributed by atoms with van der Waals surface area (Å²) in [7, 11) is 0. The maximum absolute atomic E-state index is 12.6. The number of nitrogens with one attached hydrogen (secondary N) is 1. The quantitative estimate of drug-likeness (QED) is 0.660. The Balaban J connectivity index is 1.68. The smallest absolute Gasteiger partial charge is 0.267 e. The molecule has 0 radical (unpaired) electrons. The molecule has 0 spiro atoms. The van der Waals surface area contributed by atoms with Gasteiger partial charge in [0.05, 0.1) is 5.69 Å². The van der Waals surface area contributed by atoms with Gasteiger partial charge in [-0.15, -0.1) is 11.3 Å². The molecule has 0 saturated heterocycles. The van der Waals surface area contributed by atoms with E-state index in [2.05, 4.69) is 10.3 Å². The predicted molar refractivity (Wildman–Crippen MR) is 110 cm³/mol. The van der Waals surface area contributed by atoms with Gasteiger partial charge in [0, 0.05) is 11.3 Å². The molecule has 0 aliphatic carbocycles. The maximum Gasteiger partial charge on any atom is 0.267 e. The molecule has 1 heterocycles. The van der Waals surface area contributed by atoms with E-state index in [1.165, 1.54) is 11.3 Å². The van der Waals surface area contributed by atoms with Gasteiger partial charge in [0.2, 0.25) is 5.91 Å². The number of anilines is 1. The zero-order valence-electron chi connectivity index (χ0n) is 15.9. The molecule has 28 heavy (non-hydrogen) atoms. The van der Waals surface area contributed by atoms with Crippen molar-refractivity contribution in [1.82, 2.24) is 4.98 Å². The molecule has 0 aliphatic rings. The summed E-state index contributed by atoms with van der Waals surface area (Å²) < 4.78 is 5.88. The Bertz CT molecular complexity index is 1030. The van der Waals surface area contributed by atoms with Gasteiger partial charge in [-0.1, -0.05) is 12.1 Å². The van der Waals surface area contributed by atoms with E-state index in [4.69, 9.17) is 10.5 Å². The number of benzene rings is 2. The molecule has 3 aromatic rings. The molecule has 144 valence electrons. The number of thiazole rings is 1. The number of carbonyl (C=O) groups excluding carboxylic acids is 2. The first-order chi connectivity index (χ1) is 13.3. The molecule has 6 nitrogen and oxygen atoms in total. The Labute approximate surface area is 167 Å². The largest absolute Gasteiger partial charge is 0.486 e. The third-order valence-corrected chi connectivity index (χ3v) is 5.30. The van der Waals surface area contributed by atoms with Crippen molar-refractivity contribution < 1.29 is 14.3 Å². The van der Waals surface area contributed by atoms with Gasteiger partial charge in [0.15, 0.2) is 0 Å². The summed E-state index contributed by atoms with van der Waals surface area (Å²) in [6, 6.07) is 12.5. The number of aromatic nitrogens is 1. The summed E-state index contributed by atoms with van der Waals surface area (Å²) in [4.78, 5) is 28.7. The second kappa shape index (κ2) is 8.22. The lowest BCUT2D eigenvalue weighted by molar-refractivity contribution is 0.0998. The van der Waals surface area contributed by atoms with Gasteiger partial charge in [-0.25, -0.2) is 4.98 Å². The van der Waals surface area contributed by atoms with Crippen molar-refractivity contribution in [2.45, 2.75) is 27.4 Å². The van der Waals surface area contributed by atoms with Gasteiger partial charge in [-0.3, -0.25) is 9.59 Å².